The highest BCUT2D eigenvalue weighted by Gasteiger charge is 2.54. The van der Waals surface area contributed by atoms with Gasteiger partial charge in [-0.15, -0.1) is 0 Å². The van der Waals surface area contributed by atoms with Crippen LogP contribution < -0.4 is 15.2 Å². The molecule has 7 nitrogen and oxygen atoms in total. The number of hydrogen-bond donors (Lipinski definition) is 1. The highest BCUT2D eigenvalue weighted by atomic mass is 16.5. The molecule has 2 N–H and O–H groups in total. The van der Waals surface area contributed by atoms with Crippen LogP contribution in [0.15, 0.2) is 41.1 Å². The van der Waals surface area contributed by atoms with Crippen LogP contribution in [-0.4, -0.2) is 38.8 Å². The predicted octanol–water partition coefficient (Wildman–Crippen LogP) is 4.01. The minimum atomic E-state index is -1.65. The lowest BCUT2D eigenvalue weighted by Crippen LogP contribution is -2.47. The standard InChI is InChI=1S/C26H31N5O2/c1-4-5-6-7-12-33-22-9-8-18(13-23(22)32-3)24-21-15-31(2)11-10-19(21)20(14-27)25(30)26(24,16-28)17-29/h8-10,13,21,24H,4-7,11-12,15,30H2,1-3H3/t21-,24-/m1/s1. The summed E-state index contributed by atoms with van der Waals surface area (Å²) in [6.45, 7) is 4.05. The Balaban J connectivity index is 2.06. The van der Waals surface area contributed by atoms with Crippen molar-refractivity contribution in [2.45, 2.75) is 38.5 Å². The molecule has 1 aliphatic carbocycles. The topological polar surface area (TPSA) is 119 Å². The van der Waals surface area contributed by atoms with Crippen LogP contribution in [0.2, 0.25) is 0 Å². The zero-order valence-corrected chi connectivity index (χ0v) is 19.6. The third-order valence-electron chi connectivity index (χ3n) is 6.65. The Labute approximate surface area is 196 Å². The molecular weight excluding hydrogens is 414 g/mol. The lowest BCUT2D eigenvalue weighted by atomic mass is 9.58. The van der Waals surface area contributed by atoms with E-state index in [4.69, 9.17) is 15.2 Å². The van der Waals surface area contributed by atoms with Gasteiger partial charge in [0.15, 0.2) is 16.9 Å². The fraction of sp³-hybridized carbons (Fsp3) is 0.500. The fourth-order valence-corrected chi connectivity index (χ4v) is 4.91. The molecule has 2 aliphatic rings. The Morgan fingerprint density at radius 2 is 1.91 bits per heavy atom. The molecule has 1 aliphatic heterocycles. The molecule has 0 amide bonds. The van der Waals surface area contributed by atoms with Gasteiger partial charge >= 0.3 is 0 Å². The second-order valence-corrected chi connectivity index (χ2v) is 8.72. The highest BCUT2D eigenvalue weighted by molar-refractivity contribution is 5.60. The van der Waals surface area contributed by atoms with Gasteiger partial charge in [-0.05, 0) is 36.7 Å². The number of unbranched alkanes of at least 4 members (excludes halogenated alkanes) is 3. The third kappa shape index (κ3) is 4.40. The van der Waals surface area contributed by atoms with Crippen molar-refractivity contribution in [3.8, 4) is 29.7 Å². The lowest BCUT2D eigenvalue weighted by molar-refractivity contribution is 0.237. The van der Waals surface area contributed by atoms with E-state index in [1.807, 2.05) is 31.3 Å². The van der Waals surface area contributed by atoms with Gasteiger partial charge in [-0.1, -0.05) is 38.3 Å². The number of ether oxygens (including phenoxy) is 2. The van der Waals surface area contributed by atoms with E-state index in [1.165, 1.54) is 6.42 Å². The summed E-state index contributed by atoms with van der Waals surface area (Å²) in [5, 5.41) is 30.2. The number of allylic oxidation sites excluding steroid dienone is 2. The van der Waals surface area contributed by atoms with E-state index < -0.39 is 11.3 Å². The minimum absolute atomic E-state index is 0.0299. The second-order valence-electron chi connectivity index (χ2n) is 8.72. The summed E-state index contributed by atoms with van der Waals surface area (Å²) >= 11 is 0. The molecule has 0 unspecified atom stereocenters. The molecule has 3 rings (SSSR count). The summed E-state index contributed by atoms with van der Waals surface area (Å²) in [6, 6.07) is 12.1. The fourth-order valence-electron chi connectivity index (χ4n) is 4.91. The van der Waals surface area contributed by atoms with Crippen LogP contribution >= 0.6 is 0 Å². The van der Waals surface area contributed by atoms with Crippen LogP contribution in [0.1, 0.15) is 44.1 Å². The number of fused-ring (bicyclic) bond motifs is 1. The molecule has 0 spiro atoms. The van der Waals surface area contributed by atoms with Crippen molar-refractivity contribution < 1.29 is 9.47 Å². The largest absolute Gasteiger partial charge is 0.493 e. The van der Waals surface area contributed by atoms with Gasteiger partial charge in [-0.2, -0.15) is 15.8 Å². The zero-order chi connectivity index (χ0) is 24.0. The third-order valence-corrected chi connectivity index (χ3v) is 6.65. The number of rotatable bonds is 8. The molecule has 33 heavy (non-hydrogen) atoms. The van der Waals surface area contributed by atoms with Gasteiger partial charge in [-0.3, -0.25) is 0 Å². The lowest BCUT2D eigenvalue weighted by Gasteiger charge is -2.45. The first-order valence-corrected chi connectivity index (χ1v) is 11.4. The quantitative estimate of drug-likeness (QED) is 0.600. The van der Waals surface area contributed by atoms with Gasteiger partial charge in [0.05, 0.1) is 37.1 Å². The number of benzene rings is 1. The van der Waals surface area contributed by atoms with Gasteiger partial charge < -0.3 is 20.1 Å². The molecule has 0 radical (unpaired) electrons. The SMILES string of the molecule is CCCCCCOc1ccc([C@@H]2[C@@H]3CN(C)CC=C3C(C#N)=C(N)C2(C#N)C#N)cc1OC. The van der Waals surface area contributed by atoms with E-state index in [1.54, 1.807) is 7.11 Å². The summed E-state index contributed by atoms with van der Waals surface area (Å²) in [5.74, 6) is 0.406. The van der Waals surface area contributed by atoms with Crippen LogP contribution in [0.4, 0.5) is 0 Å². The van der Waals surface area contributed by atoms with E-state index in [0.717, 1.165) is 30.4 Å². The summed E-state index contributed by atoms with van der Waals surface area (Å²) in [7, 11) is 3.56. The highest BCUT2D eigenvalue weighted by Crippen LogP contribution is 2.54. The van der Waals surface area contributed by atoms with Crippen molar-refractivity contribution in [3.05, 3.63) is 46.7 Å². The number of methoxy groups -OCH3 is 1. The average molecular weight is 446 g/mol. The monoisotopic (exact) mass is 445 g/mol. The zero-order valence-electron chi connectivity index (χ0n) is 19.6. The first-order valence-electron chi connectivity index (χ1n) is 11.4. The van der Waals surface area contributed by atoms with Gasteiger partial charge in [-0.25, -0.2) is 0 Å². The molecule has 0 aromatic heterocycles. The van der Waals surface area contributed by atoms with Crippen molar-refractivity contribution in [3.63, 3.8) is 0 Å². The van der Waals surface area contributed by atoms with Gasteiger partial charge in [0.2, 0.25) is 0 Å². The molecule has 0 bridgehead atoms. The normalized spacial score (nSPS) is 21.8. The van der Waals surface area contributed by atoms with Crippen molar-refractivity contribution in [1.29, 1.82) is 15.8 Å². The molecule has 1 heterocycles. The van der Waals surface area contributed by atoms with E-state index in [2.05, 4.69) is 30.0 Å². The predicted molar refractivity (Wildman–Crippen MR) is 125 cm³/mol. The van der Waals surface area contributed by atoms with Crippen LogP contribution in [0.5, 0.6) is 11.5 Å². The van der Waals surface area contributed by atoms with Crippen LogP contribution in [0, 0.1) is 45.3 Å². The van der Waals surface area contributed by atoms with E-state index >= 15 is 0 Å². The minimum Gasteiger partial charge on any atom is -0.493 e. The Kier molecular flexibility index (Phi) is 7.64. The van der Waals surface area contributed by atoms with E-state index in [-0.39, 0.29) is 17.2 Å². The Hall–Kier alpha value is -3.47. The van der Waals surface area contributed by atoms with Crippen molar-refractivity contribution in [1.82, 2.24) is 4.90 Å². The summed E-state index contributed by atoms with van der Waals surface area (Å²) < 4.78 is 11.6. The summed E-state index contributed by atoms with van der Waals surface area (Å²) in [4.78, 5) is 2.11. The number of nitrogens with two attached hydrogens (primary N) is 1. The number of likely N-dealkylation sites (N-methyl/N-ethyl adjacent to an activating group) is 1. The molecule has 0 saturated carbocycles. The van der Waals surface area contributed by atoms with Crippen LogP contribution in [0.25, 0.3) is 0 Å². The van der Waals surface area contributed by atoms with Crippen molar-refractivity contribution in [2.24, 2.45) is 17.1 Å². The molecular formula is C26H31N5O2. The van der Waals surface area contributed by atoms with Gasteiger partial charge in [0.25, 0.3) is 0 Å². The first kappa shape index (κ1) is 24.2. The maximum atomic E-state index is 10.2. The maximum absolute atomic E-state index is 10.2. The molecule has 0 fully saturated rings. The molecule has 1 aromatic carbocycles. The van der Waals surface area contributed by atoms with Gasteiger partial charge in [0, 0.05) is 24.9 Å². The maximum Gasteiger partial charge on any atom is 0.191 e. The number of hydrogen-bond acceptors (Lipinski definition) is 7. The van der Waals surface area contributed by atoms with Gasteiger partial charge in [0.1, 0.15) is 6.07 Å². The molecule has 1 aromatic rings. The summed E-state index contributed by atoms with van der Waals surface area (Å²) in [5.41, 5.74) is 6.58. The van der Waals surface area contributed by atoms with Crippen molar-refractivity contribution in [2.75, 3.05) is 33.9 Å². The Bertz CT molecular complexity index is 1060. The van der Waals surface area contributed by atoms with Crippen molar-refractivity contribution >= 4 is 0 Å². The molecule has 7 heteroatoms. The number of nitriles is 3. The molecule has 2 atom stereocenters. The average Bonchev–Trinajstić information content (AvgIpc) is 2.83. The van der Waals surface area contributed by atoms with Crippen LogP contribution in [0.3, 0.4) is 0 Å². The molecule has 172 valence electrons. The second kappa shape index (κ2) is 10.4. The Morgan fingerprint density at radius 1 is 1.15 bits per heavy atom. The van der Waals surface area contributed by atoms with Crippen LogP contribution in [-0.2, 0) is 0 Å². The van der Waals surface area contributed by atoms with E-state index in [9.17, 15) is 15.8 Å². The van der Waals surface area contributed by atoms with E-state index in [0.29, 0.717) is 31.2 Å². The Morgan fingerprint density at radius 3 is 2.55 bits per heavy atom. The molecule has 0 saturated heterocycles. The number of nitrogens with zero attached hydrogens (tertiary/aromatic N) is 4. The summed E-state index contributed by atoms with van der Waals surface area (Å²) in [6.07, 6.45) is 6.40. The smallest absolute Gasteiger partial charge is 0.191 e. The first-order chi connectivity index (χ1) is 16.0.